The highest BCUT2D eigenvalue weighted by Gasteiger charge is 2.27. The van der Waals surface area contributed by atoms with Gasteiger partial charge in [0, 0.05) is 0 Å². The van der Waals surface area contributed by atoms with Gasteiger partial charge in [-0.1, -0.05) is 128 Å². The van der Waals surface area contributed by atoms with Crippen LogP contribution in [0.5, 0.6) is 0 Å². The zero-order valence-corrected chi connectivity index (χ0v) is 32.6. The summed E-state index contributed by atoms with van der Waals surface area (Å²) in [5, 5.41) is 18.1. The molecule has 2 aliphatic carbocycles. The van der Waals surface area contributed by atoms with Crippen LogP contribution in [-0.4, -0.2) is 0 Å². The third-order valence-corrected chi connectivity index (χ3v) is 13.0. The lowest BCUT2D eigenvalue weighted by molar-refractivity contribution is 1.10. The van der Waals surface area contributed by atoms with Crippen LogP contribution >= 0.6 is 0 Å². The van der Waals surface area contributed by atoms with Crippen LogP contribution in [0.4, 0.5) is 0 Å². The number of hydrogen-bond donors (Lipinski definition) is 0. The highest BCUT2D eigenvalue weighted by molar-refractivity contribution is 6.36. The third kappa shape index (κ3) is 4.33. The lowest BCUT2D eigenvalue weighted by Crippen LogP contribution is -1.95. The van der Waals surface area contributed by atoms with Crippen LogP contribution in [0, 0.1) is 0 Å². The Morgan fingerprint density at radius 1 is 0.288 bits per heavy atom. The van der Waals surface area contributed by atoms with Gasteiger partial charge >= 0.3 is 0 Å². The van der Waals surface area contributed by atoms with Crippen molar-refractivity contribution in [1.29, 1.82) is 0 Å². The number of rotatable bonds is 8. The van der Waals surface area contributed by atoms with Crippen molar-refractivity contribution in [3.05, 3.63) is 117 Å². The Morgan fingerprint density at radius 2 is 0.731 bits per heavy atom. The predicted molar refractivity (Wildman–Crippen MR) is 231 cm³/mol. The molecule has 260 valence electrons. The molecule has 0 heteroatoms. The van der Waals surface area contributed by atoms with Gasteiger partial charge in [-0.05, 0) is 183 Å². The van der Waals surface area contributed by atoms with E-state index in [-0.39, 0.29) is 0 Å². The molecule has 0 saturated heterocycles. The van der Waals surface area contributed by atoms with Crippen molar-refractivity contribution in [3.63, 3.8) is 0 Å². The molecular weight excluding hydrogens is 625 g/mol. The second-order valence-electron chi connectivity index (χ2n) is 15.3. The van der Waals surface area contributed by atoms with E-state index in [0.717, 1.165) is 51.4 Å². The van der Waals surface area contributed by atoms with E-state index in [4.69, 9.17) is 0 Å². The zero-order chi connectivity index (χ0) is 36.0. The topological polar surface area (TPSA) is 0 Å². The van der Waals surface area contributed by atoms with Crippen LogP contribution in [0.25, 0.3) is 86.9 Å². The minimum absolute atomic E-state index is 1.10. The summed E-state index contributed by atoms with van der Waals surface area (Å²) in [5.41, 5.74) is 17.9. The van der Waals surface area contributed by atoms with Gasteiger partial charge in [0.1, 0.15) is 0 Å². The normalized spacial score (nSPS) is 12.5. The molecule has 0 spiro atoms. The number of hydrogen-bond acceptors (Lipinski definition) is 0. The first-order chi connectivity index (χ1) is 25.5. The number of aryl methyl sites for hydroxylation is 8. The van der Waals surface area contributed by atoms with Gasteiger partial charge in [0.05, 0.1) is 0 Å². The minimum atomic E-state index is 1.10. The van der Waals surface area contributed by atoms with Crippen molar-refractivity contribution in [3.8, 4) is 22.3 Å². The standard InChI is InChI=1S/2C26H26/c1-5-15-9-11-19-20-12-10-16(6-2)22-14-18(8-4)23-17(7-3)13-21(15)24(19)26(23)25(20)22;1-5-15-12-17(7-3)23-20-11-9-10-19-13-16(6-2)22-18(8-4)14-21(15)25(23)26(22)24(19)20/h2*9-14H,5-8H2,1-4H3. The second kappa shape index (κ2) is 12.5. The first-order valence-corrected chi connectivity index (χ1v) is 20.4. The molecule has 2 aliphatic rings. The molecule has 10 rings (SSSR count). The summed E-state index contributed by atoms with van der Waals surface area (Å²) in [5.74, 6) is 0. The van der Waals surface area contributed by atoms with Gasteiger partial charge < -0.3 is 0 Å². The summed E-state index contributed by atoms with van der Waals surface area (Å²) < 4.78 is 0. The van der Waals surface area contributed by atoms with E-state index in [1.165, 1.54) is 121 Å². The summed E-state index contributed by atoms with van der Waals surface area (Å²) in [4.78, 5) is 0. The first kappa shape index (κ1) is 33.2. The monoisotopic (exact) mass is 676 g/mol. The summed E-state index contributed by atoms with van der Waals surface area (Å²) in [7, 11) is 0. The predicted octanol–water partition coefficient (Wildman–Crippen LogP) is 14.8. The quantitative estimate of drug-likeness (QED) is 0.141. The number of fused-ring (bicyclic) bond motifs is 2. The van der Waals surface area contributed by atoms with Gasteiger partial charge in [-0.15, -0.1) is 0 Å². The Labute approximate surface area is 309 Å². The third-order valence-electron chi connectivity index (χ3n) is 13.0. The van der Waals surface area contributed by atoms with Crippen LogP contribution < -0.4 is 0 Å². The Morgan fingerprint density at radius 3 is 1.21 bits per heavy atom. The van der Waals surface area contributed by atoms with E-state index in [1.54, 1.807) is 10.8 Å². The van der Waals surface area contributed by atoms with Crippen molar-refractivity contribution in [1.82, 2.24) is 0 Å². The number of benzene rings is 8. The maximum atomic E-state index is 2.51. The maximum absolute atomic E-state index is 2.51. The van der Waals surface area contributed by atoms with Gasteiger partial charge in [0.25, 0.3) is 0 Å². The van der Waals surface area contributed by atoms with Crippen molar-refractivity contribution in [2.24, 2.45) is 0 Å². The molecular formula is C52H52. The highest BCUT2D eigenvalue weighted by Crippen LogP contribution is 2.53. The minimum Gasteiger partial charge on any atom is -0.0613 e. The summed E-state index contributed by atoms with van der Waals surface area (Å²) in [6.07, 6.45) is 8.78. The van der Waals surface area contributed by atoms with E-state index < -0.39 is 0 Å². The van der Waals surface area contributed by atoms with E-state index in [0.29, 0.717) is 0 Å². The molecule has 0 N–H and O–H groups in total. The molecule has 0 aliphatic heterocycles. The van der Waals surface area contributed by atoms with Crippen molar-refractivity contribution < 1.29 is 0 Å². The summed E-state index contributed by atoms with van der Waals surface area (Å²) >= 11 is 0. The molecule has 0 bridgehead atoms. The average Bonchev–Trinajstić information content (AvgIpc) is 3.73. The van der Waals surface area contributed by atoms with Crippen LogP contribution in [0.3, 0.4) is 0 Å². The van der Waals surface area contributed by atoms with E-state index in [9.17, 15) is 0 Å². The molecule has 0 unspecified atom stereocenters. The molecule has 0 fully saturated rings. The Kier molecular flexibility index (Phi) is 7.96. The fourth-order valence-corrected chi connectivity index (χ4v) is 10.5. The van der Waals surface area contributed by atoms with Crippen molar-refractivity contribution in [2.45, 2.75) is 107 Å². The first-order valence-electron chi connectivity index (χ1n) is 20.4. The lowest BCUT2D eigenvalue weighted by Gasteiger charge is -2.16. The maximum Gasteiger partial charge on any atom is -0.000857 e. The van der Waals surface area contributed by atoms with Gasteiger partial charge in [0.15, 0.2) is 0 Å². The molecule has 8 aromatic carbocycles. The largest absolute Gasteiger partial charge is 0.0613 e. The van der Waals surface area contributed by atoms with Gasteiger partial charge in [0.2, 0.25) is 0 Å². The Hall–Kier alpha value is -4.68. The molecule has 0 heterocycles. The van der Waals surface area contributed by atoms with Gasteiger partial charge in [-0.25, -0.2) is 0 Å². The van der Waals surface area contributed by atoms with Crippen LogP contribution in [0.15, 0.2) is 72.8 Å². The van der Waals surface area contributed by atoms with Crippen LogP contribution in [-0.2, 0) is 51.4 Å². The zero-order valence-electron chi connectivity index (χ0n) is 32.6. The highest BCUT2D eigenvalue weighted by atomic mass is 14.3. The molecule has 52 heavy (non-hydrogen) atoms. The average molecular weight is 677 g/mol. The molecule has 0 atom stereocenters. The second-order valence-corrected chi connectivity index (χ2v) is 15.3. The molecule has 0 nitrogen and oxygen atoms in total. The molecule has 8 aromatic rings. The molecule has 0 saturated carbocycles. The van der Waals surface area contributed by atoms with E-state index in [1.807, 2.05) is 0 Å². The molecule has 0 aromatic heterocycles. The Bertz CT molecular complexity index is 2700. The lowest BCUT2D eigenvalue weighted by atomic mass is 9.87. The van der Waals surface area contributed by atoms with Crippen LogP contribution in [0.1, 0.15) is 99.9 Å². The SMILES string of the molecule is CCc1cc(CC)c2cc(CC)c3c(CC)cc4cccc5c4c3c2c1-5.CCc1ccc2c3c1cc(CC)c1c(CC)cc4c(CC)ccc-2c4c13. The van der Waals surface area contributed by atoms with Crippen LogP contribution in [0.2, 0.25) is 0 Å². The molecule has 0 radical (unpaired) electrons. The molecule has 0 amide bonds. The van der Waals surface area contributed by atoms with E-state index in [2.05, 4.69) is 128 Å². The van der Waals surface area contributed by atoms with Crippen molar-refractivity contribution in [2.75, 3.05) is 0 Å². The summed E-state index contributed by atoms with van der Waals surface area (Å²) in [6, 6.07) is 28.8. The Balaban J connectivity index is 0.000000138. The summed E-state index contributed by atoms with van der Waals surface area (Å²) in [6.45, 7) is 18.4. The van der Waals surface area contributed by atoms with E-state index >= 15 is 0 Å². The van der Waals surface area contributed by atoms with Gasteiger partial charge in [-0.2, -0.15) is 0 Å². The fraction of sp³-hybridized carbons (Fsp3) is 0.308. The fourth-order valence-electron chi connectivity index (χ4n) is 10.5. The smallest absolute Gasteiger partial charge is 0.000857 e. The van der Waals surface area contributed by atoms with Crippen molar-refractivity contribution >= 4 is 64.6 Å². The van der Waals surface area contributed by atoms with Gasteiger partial charge in [-0.3, -0.25) is 0 Å².